The number of aliphatic hydroxyl groups excluding tert-OH is 2. The van der Waals surface area contributed by atoms with Crippen LogP contribution in [0, 0.1) is 13.8 Å². The number of nitrogens with zero attached hydrogens (tertiary/aromatic N) is 1. The second kappa shape index (κ2) is 35.0. The second-order valence-corrected chi connectivity index (χ2v) is 18.5. The van der Waals surface area contributed by atoms with Gasteiger partial charge >= 0.3 is 19.8 Å². The summed E-state index contributed by atoms with van der Waals surface area (Å²) in [5, 5.41) is 20.0. The molecule has 63 heavy (non-hydrogen) atoms. The Kier molecular flexibility index (Phi) is 32.0. The number of unbranched alkanes of at least 4 members (excludes halogenated alkanes) is 7. The molecule has 12 nitrogen and oxygen atoms in total. The average Bonchev–Trinajstić information content (AvgIpc) is 3.49. The van der Waals surface area contributed by atoms with E-state index in [1.165, 1.54) is 24.0 Å². The lowest BCUT2D eigenvalue weighted by Crippen LogP contribution is -2.37. The largest absolute Gasteiger partial charge is 0.472 e. The molecule has 0 saturated carbocycles. The Labute approximate surface area is 380 Å². The number of aryl methyl sites for hydroxylation is 2. The number of carbonyl (C=O) groups is 2. The van der Waals surface area contributed by atoms with E-state index in [-0.39, 0.29) is 26.1 Å². The normalized spacial score (nSPS) is 15.1. The molecule has 3 N–H and O–H groups in total. The van der Waals surface area contributed by atoms with Crippen LogP contribution in [0.3, 0.4) is 0 Å². The van der Waals surface area contributed by atoms with Crippen LogP contribution in [0.15, 0.2) is 77.3 Å². The Morgan fingerprint density at radius 2 is 1.27 bits per heavy atom. The van der Waals surface area contributed by atoms with Crippen molar-refractivity contribution in [3.8, 4) is 0 Å². The van der Waals surface area contributed by atoms with Crippen LogP contribution in [-0.2, 0) is 45.5 Å². The molecule has 0 aliphatic heterocycles. The Hall–Kier alpha value is -3.35. The van der Waals surface area contributed by atoms with Crippen LogP contribution in [-0.4, -0.2) is 97.3 Å². The van der Waals surface area contributed by atoms with Gasteiger partial charge in [-0.15, -0.1) is 0 Å². The van der Waals surface area contributed by atoms with E-state index >= 15 is 0 Å². The quantitative estimate of drug-likeness (QED) is 0.0145. The van der Waals surface area contributed by atoms with E-state index in [2.05, 4.69) is 20.8 Å². The Bertz CT molecular complexity index is 1620. The van der Waals surface area contributed by atoms with Crippen LogP contribution in [0.25, 0.3) is 0 Å². The molecule has 1 unspecified atom stereocenters. The molecule has 1 aromatic rings. The summed E-state index contributed by atoms with van der Waals surface area (Å²) in [7, 11) is 1.33. The predicted octanol–water partition coefficient (Wildman–Crippen LogP) is 10.6. The third kappa shape index (κ3) is 32.0. The van der Waals surface area contributed by atoms with Gasteiger partial charge in [-0.2, -0.15) is 0 Å². The van der Waals surface area contributed by atoms with E-state index in [0.29, 0.717) is 43.1 Å². The molecular formula is C50H83NO11P+. The summed E-state index contributed by atoms with van der Waals surface area (Å²) < 4.78 is 40.5. The zero-order valence-corrected chi connectivity index (χ0v) is 40.6. The third-order valence-electron chi connectivity index (χ3n) is 10.1. The summed E-state index contributed by atoms with van der Waals surface area (Å²) in [4.78, 5) is 35.6. The molecule has 0 aliphatic rings. The number of furan rings is 1. The molecule has 0 amide bonds. The van der Waals surface area contributed by atoms with Gasteiger partial charge in [0.05, 0.1) is 40.0 Å². The van der Waals surface area contributed by atoms with Crippen molar-refractivity contribution in [1.82, 2.24) is 0 Å². The van der Waals surface area contributed by atoms with Crippen LogP contribution < -0.4 is 0 Å². The first-order valence-electron chi connectivity index (χ1n) is 23.2. The minimum absolute atomic E-state index is 0.0107. The van der Waals surface area contributed by atoms with Gasteiger partial charge in [0.15, 0.2) is 6.10 Å². The molecular weight excluding hydrogens is 822 g/mol. The SMILES string of the molecule is CC/C=C\C[C@@H](O)/C=C/C=C\C=C\[C@@H](O)C/C=C\C/C=C\CCC(=O)OC[C@H](COP(=O)(O)OCC[N+](C)(C)C)OC(=O)CCCCCCCCc1oc(CCCCC)c(C)c1C. The maximum Gasteiger partial charge on any atom is 0.472 e. The van der Waals surface area contributed by atoms with Crippen molar-refractivity contribution in [2.24, 2.45) is 0 Å². The van der Waals surface area contributed by atoms with Gasteiger partial charge < -0.3 is 33.5 Å². The van der Waals surface area contributed by atoms with Crippen molar-refractivity contribution in [3.05, 3.63) is 95.6 Å². The number of esters is 2. The lowest BCUT2D eigenvalue weighted by Gasteiger charge is -2.24. The van der Waals surface area contributed by atoms with Gasteiger partial charge in [-0.25, -0.2) is 4.57 Å². The lowest BCUT2D eigenvalue weighted by molar-refractivity contribution is -0.870. The van der Waals surface area contributed by atoms with E-state index < -0.39 is 44.7 Å². The lowest BCUT2D eigenvalue weighted by atomic mass is 10.0. The first kappa shape index (κ1) is 57.7. The van der Waals surface area contributed by atoms with Crippen molar-refractivity contribution in [2.75, 3.05) is 47.5 Å². The second-order valence-electron chi connectivity index (χ2n) is 17.0. The molecule has 0 bridgehead atoms. The monoisotopic (exact) mass is 905 g/mol. The standard InChI is InChI=1S/C50H82NO11P/c1-8-10-22-30-44(52)32-25-20-21-26-33-45(53)31-24-16-12-14-18-28-36-49(54)58-40-46(41-60-63(56,57)59-39-38-51(5,6)7)61-50(55)37-29-19-15-13-17-27-35-48-43(4)42(3)47(62-48)34-23-11-9-2/h10,14,16,18,20-22,24-26,32-33,44-46,52-53H,8-9,11-13,15,17,19,23,27-31,34-41H2,1-7H3/p+1/b18-14-,21-20-,22-10-,24-16-,32-25+,33-26+/t44-,45+,46-/m1/s1. The molecule has 1 rings (SSSR count). The molecule has 0 aliphatic carbocycles. The maximum atomic E-state index is 12.8. The van der Waals surface area contributed by atoms with Crippen LogP contribution in [0.2, 0.25) is 0 Å². The number of hydrogen-bond acceptors (Lipinski definition) is 10. The number of hydrogen-bond donors (Lipinski definition) is 3. The average molecular weight is 905 g/mol. The highest BCUT2D eigenvalue weighted by molar-refractivity contribution is 7.47. The molecule has 0 spiro atoms. The van der Waals surface area contributed by atoms with E-state index in [0.717, 1.165) is 69.3 Å². The summed E-state index contributed by atoms with van der Waals surface area (Å²) >= 11 is 0. The molecule has 1 heterocycles. The highest BCUT2D eigenvalue weighted by Crippen LogP contribution is 2.43. The molecule has 0 aromatic carbocycles. The smallest absolute Gasteiger partial charge is 0.466 e. The molecule has 358 valence electrons. The number of likely N-dealkylation sites (N-methyl/N-ethyl adjacent to an activating group) is 1. The van der Waals surface area contributed by atoms with Gasteiger partial charge in [-0.05, 0) is 76.3 Å². The first-order chi connectivity index (χ1) is 30.1. The van der Waals surface area contributed by atoms with Crippen molar-refractivity contribution in [3.63, 3.8) is 0 Å². The fourth-order valence-corrected chi connectivity index (χ4v) is 6.90. The highest BCUT2D eigenvalue weighted by atomic mass is 31.2. The van der Waals surface area contributed by atoms with E-state index in [9.17, 15) is 29.3 Å². The Morgan fingerprint density at radius 3 is 1.87 bits per heavy atom. The van der Waals surface area contributed by atoms with Crippen LogP contribution in [0.1, 0.15) is 139 Å². The fraction of sp³-hybridized carbons (Fsp3) is 0.640. The summed E-state index contributed by atoms with van der Waals surface area (Å²) in [6.07, 6.45) is 34.4. The minimum atomic E-state index is -4.44. The number of phosphoric acid groups is 1. The van der Waals surface area contributed by atoms with Crippen LogP contribution in [0.4, 0.5) is 0 Å². The number of ether oxygens (including phenoxy) is 2. The number of quaternary nitrogens is 1. The number of allylic oxidation sites excluding steroid dienone is 8. The molecule has 0 radical (unpaired) electrons. The number of phosphoric ester groups is 1. The van der Waals surface area contributed by atoms with Crippen LogP contribution in [0.5, 0.6) is 0 Å². The topological polar surface area (TPSA) is 162 Å². The molecule has 13 heteroatoms. The summed E-state index contributed by atoms with van der Waals surface area (Å²) in [5.41, 5.74) is 2.57. The molecule has 4 atom stereocenters. The van der Waals surface area contributed by atoms with Crippen molar-refractivity contribution < 1.29 is 56.7 Å². The van der Waals surface area contributed by atoms with Crippen molar-refractivity contribution in [1.29, 1.82) is 0 Å². The Morgan fingerprint density at radius 1 is 0.698 bits per heavy atom. The maximum absolute atomic E-state index is 12.8. The molecule has 0 saturated heterocycles. The van der Waals surface area contributed by atoms with E-state index in [1.807, 2.05) is 64.5 Å². The first-order valence-corrected chi connectivity index (χ1v) is 24.7. The summed E-state index contributed by atoms with van der Waals surface area (Å²) in [6.45, 7) is 8.24. The van der Waals surface area contributed by atoms with Crippen molar-refractivity contribution in [2.45, 2.75) is 162 Å². The van der Waals surface area contributed by atoms with Gasteiger partial charge in [0.25, 0.3) is 0 Å². The Balaban J connectivity index is 2.47. The van der Waals surface area contributed by atoms with E-state index in [1.54, 1.807) is 36.5 Å². The number of aliphatic hydroxyl groups is 2. The number of rotatable bonds is 37. The fourth-order valence-electron chi connectivity index (χ4n) is 6.16. The minimum Gasteiger partial charge on any atom is -0.466 e. The van der Waals surface area contributed by atoms with Gasteiger partial charge in [-0.1, -0.05) is 125 Å². The van der Waals surface area contributed by atoms with Gasteiger partial charge in [0.2, 0.25) is 0 Å². The van der Waals surface area contributed by atoms with Crippen LogP contribution >= 0.6 is 7.82 Å². The predicted molar refractivity (Wildman–Crippen MR) is 253 cm³/mol. The zero-order valence-electron chi connectivity index (χ0n) is 39.7. The van der Waals surface area contributed by atoms with E-state index in [4.69, 9.17) is 22.9 Å². The summed E-state index contributed by atoms with van der Waals surface area (Å²) in [5.74, 6) is 1.24. The summed E-state index contributed by atoms with van der Waals surface area (Å²) in [6, 6.07) is 0. The third-order valence-corrected chi connectivity index (χ3v) is 11.1. The number of carbonyl (C=O) groups excluding carboxylic acids is 2. The molecule has 0 fully saturated rings. The van der Waals surface area contributed by atoms with Gasteiger partial charge in [0, 0.05) is 25.7 Å². The van der Waals surface area contributed by atoms with Gasteiger partial charge in [0.1, 0.15) is 31.3 Å². The zero-order chi connectivity index (χ0) is 46.8. The van der Waals surface area contributed by atoms with Crippen molar-refractivity contribution >= 4 is 19.8 Å². The van der Waals surface area contributed by atoms with Gasteiger partial charge in [-0.3, -0.25) is 18.6 Å². The molecule has 1 aromatic heterocycles. The highest BCUT2D eigenvalue weighted by Gasteiger charge is 2.27.